The highest BCUT2D eigenvalue weighted by molar-refractivity contribution is 5.22. The maximum atomic E-state index is 13.1. The molecule has 6 heteroatoms. The van der Waals surface area contributed by atoms with E-state index in [2.05, 4.69) is 0 Å². The van der Waals surface area contributed by atoms with Gasteiger partial charge in [-0.25, -0.2) is 8.78 Å². The molecule has 15 heavy (non-hydrogen) atoms. The highest BCUT2D eigenvalue weighted by Gasteiger charge is 2.30. The summed E-state index contributed by atoms with van der Waals surface area (Å²) in [4.78, 5) is 9.54. The Labute approximate surface area is 84.3 Å². The van der Waals surface area contributed by atoms with Crippen molar-refractivity contribution in [3.8, 4) is 0 Å². The average Bonchev–Trinajstić information content (AvgIpc) is 2.15. The lowest BCUT2D eigenvalue weighted by atomic mass is 10.0. The highest BCUT2D eigenvalue weighted by atomic mass is 19.1. The standard InChI is InChI=1S/C9H9F2NO3/c1-5(12(14)15)9(13)8-6(10)3-2-4-7(8)11/h2-5,9,13H,1H3/t5-,9-/m0/s1. The van der Waals surface area contributed by atoms with Crippen LogP contribution in [0.5, 0.6) is 0 Å². The molecule has 0 heterocycles. The zero-order valence-corrected chi connectivity index (χ0v) is 7.85. The molecular formula is C9H9F2NO3. The normalized spacial score (nSPS) is 14.7. The summed E-state index contributed by atoms with van der Waals surface area (Å²) in [7, 11) is 0. The van der Waals surface area contributed by atoms with E-state index in [9.17, 15) is 24.0 Å². The summed E-state index contributed by atoms with van der Waals surface area (Å²) in [6, 6.07) is 1.54. The molecule has 0 aromatic heterocycles. The van der Waals surface area contributed by atoms with Crippen molar-refractivity contribution in [1.82, 2.24) is 0 Å². The first kappa shape index (κ1) is 11.5. The van der Waals surface area contributed by atoms with Crippen molar-refractivity contribution < 1.29 is 18.8 Å². The van der Waals surface area contributed by atoms with Crippen molar-refractivity contribution in [2.24, 2.45) is 0 Å². The molecule has 0 fully saturated rings. The molecule has 0 saturated carbocycles. The monoisotopic (exact) mass is 217 g/mol. The lowest BCUT2D eigenvalue weighted by Crippen LogP contribution is -2.25. The Bertz CT molecular complexity index is 363. The maximum Gasteiger partial charge on any atom is 0.240 e. The van der Waals surface area contributed by atoms with Gasteiger partial charge in [0.25, 0.3) is 0 Å². The van der Waals surface area contributed by atoms with Crippen LogP contribution >= 0.6 is 0 Å². The van der Waals surface area contributed by atoms with Gasteiger partial charge in [-0.05, 0) is 12.1 Å². The van der Waals surface area contributed by atoms with Crippen molar-refractivity contribution in [1.29, 1.82) is 0 Å². The summed E-state index contributed by atoms with van der Waals surface area (Å²) in [5.74, 6) is -1.98. The highest BCUT2D eigenvalue weighted by Crippen LogP contribution is 2.24. The molecule has 0 unspecified atom stereocenters. The van der Waals surface area contributed by atoms with Crippen LogP contribution in [0.4, 0.5) is 8.78 Å². The van der Waals surface area contributed by atoms with Gasteiger partial charge in [-0.15, -0.1) is 0 Å². The molecule has 0 spiro atoms. The molecule has 0 saturated heterocycles. The van der Waals surface area contributed by atoms with Crippen LogP contribution in [0.2, 0.25) is 0 Å². The Balaban J connectivity index is 3.10. The predicted molar refractivity (Wildman–Crippen MR) is 47.8 cm³/mol. The van der Waals surface area contributed by atoms with Gasteiger partial charge in [-0.1, -0.05) is 6.07 Å². The average molecular weight is 217 g/mol. The van der Waals surface area contributed by atoms with E-state index in [1.54, 1.807) is 0 Å². The lowest BCUT2D eigenvalue weighted by Gasteiger charge is -2.13. The van der Waals surface area contributed by atoms with E-state index in [1.165, 1.54) is 0 Å². The second kappa shape index (κ2) is 4.31. The molecule has 82 valence electrons. The van der Waals surface area contributed by atoms with Crippen molar-refractivity contribution in [3.05, 3.63) is 45.5 Å². The first-order valence-corrected chi connectivity index (χ1v) is 4.20. The van der Waals surface area contributed by atoms with Gasteiger partial charge in [-0.3, -0.25) is 10.1 Å². The van der Waals surface area contributed by atoms with Gasteiger partial charge in [0, 0.05) is 11.8 Å². The molecule has 1 N–H and O–H groups in total. The maximum absolute atomic E-state index is 13.1. The van der Waals surface area contributed by atoms with Gasteiger partial charge in [0.05, 0.1) is 5.56 Å². The largest absolute Gasteiger partial charge is 0.381 e. The number of hydrogen-bond acceptors (Lipinski definition) is 3. The molecule has 4 nitrogen and oxygen atoms in total. The third-order valence-corrected chi connectivity index (χ3v) is 2.08. The fourth-order valence-electron chi connectivity index (χ4n) is 1.15. The number of benzene rings is 1. The number of nitro groups is 1. The Hall–Kier alpha value is -1.56. The van der Waals surface area contributed by atoms with Crippen LogP contribution < -0.4 is 0 Å². The fourth-order valence-corrected chi connectivity index (χ4v) is 1.15. The Morgan fingerprint density at radius 3 is 2.27 bits per heavy atom. The minimum absolute atomic E-state index is 0.665. The van der Waals surface area contributed by atoms with Gasteiger partial charge in [0.2, 0.25) is 6.04 Å². The molecule has 2 atom stereocenters. The Morgan fingerprint density at radius 1 is 1.40 bits per heavy atom. The molecule has 0 aliphatic rings. The molecular weight excluding hydrogens is 208 g/mol. The van der Waals surface area contributed by atoms with E-state index in [0.717, 1.165) is 25.1 Å². The molecule has 0 aliphatic carbocycles. The zero-order chi connectivity index (χ0) is 11.6. The molecule has 0 bridgehead atoms. The SMILES string of the molecule is C[C@@H]([C@H](O)c1c(F)cccc1F)[N+](=O)[O-]. The third-order valence-electron chi connectivity index (χ3n) is 2.08. The Kier molecular flexibility index (Phi) is 3.31. The first-order chi connectivity index (χ1) is 6.95. The van der Waals surface area contributed by atoms with Crippen LogP contribution in [0.25, 0.3) is 0 Å². The van der Waals surface area contributed by atoms with Crippen LogP contribution in [0.3, 0.4) is 0 Å². The number of aliphatic hydroxyl groups excluding tert-OH is 1. The van der Waals surface area contributed by atoms with Crippen LogP contribution in [0.15, 0.2) is 18.2 Å². The number of nitrogens with zero attached hydrogens (tertiary/aromatic N) is 1. The van der Waals surface area contributed by atoms with Crippen molar-refractivity contribution >= 4 is 0 Å². The van der Waals surface area contributed by atoms with Crippen LogP contribution in [0, 0.1) is 21.7 Å². The number of halogens is 2. The summed E-state index contributed by atoms with van der Waals surface area (Å²) >= 11 is 0. The summed E-state index contributed by atoms with van der Waals surface area (Å²) < 4.78 is 26.2. The van der Waals surface area contributed by atoms with Gasteiger partial charge < -0.3 is 5.11 Å². The minimum Gasteiger partial charge on any atom is -0.381 e. The number of rotatable bonds is 3. The molecule has 1 rings (SSSR count). The Morgan fingerprint density at radius 2 is 1.87 bits per heavy atom. The fraction of sp³-hybridized carbons (Fsp3) is 0.333. The quantitative estimate of drug-likeness (QED) is 0.618. The topological polar surface area (TPSA) is 63.4 Å². The van der Waals surface area contributed by atoms with Crippen molar-refractivity contribution in [2.45, 2.75) is 19.1 Å². The number of hydrogen-bond donors (Lipinski definition) is 1. The van der Waals surface area contributed by atoms with Gasteiger partial charge in [-0.2, -0.15) is 0 Å². The van der Waals surface area contributed by atoms with Crippen LogP contribution in [0.1, 0.15) is 18.6 Å². The van der Waals surface area contributed by atoms with E-state index in [0.29, 0.717) is 0 Å². The van der Waals surface area contributed by atoms with Gasteiger partial charge >= 0.3 is 0 Å². The predicted octanol–water partition coefficient (Wildman–Crippen LogP) is 1.66. The second-order valence-electron chi connectivity index (χ2n) is 3.11. The number of aliphatic hydroxyl groups is 1. The van der Waals surface area contributed by atoms with Crippen molar-refractivity contribution in [2.75, 3.05) is 0 Å². The van der Waals surface area contributed by atoms with E-state index in [1.807, 2.05) is 0 Å². The van der Waals surface area contributed by atoms with Gasteiger partial charge in [0.15, 0.2) is 6.10 Å². The zero-order valence-electron chi connectivity index (χ0n) is 7.85. The van der Waals surface area contributed by atoms with Gasteiger partial charge in [0.1, 0.15) is 11.6 Å². The summed E-state index contributed by atoms with van der Waals surface area (Å²) in [6.07, 6.45) is -1.79. The molecule has 1 aromatic rings. The summed E-state index contributed by atoms with van der Waals surface area (Å²) in [5.41, 5.74) is -0.665. The minimum atomic E-state index is -1.79. The molecule has 1 aromatic carbocycles. The van der Waals surface area contributed by atoms with Crippen molar-refractivity contribution in [3.63, 3.8) is 0 Å². The molecule has 0 aliphatic heterocycles. The third kappa shape index (κ3) is 2.27. The van der Waals surface area contributed by atoms with Crippen LogP contribution in [-0.4, -0.2) is 16.1 Å². The van der Waals surface area contributed by atoms with E-state index in [4.69, 9.17) is 0 Å². The van der Waals surface area contributed by atoms with E-state index >= 15 is 0 Å². The van der Waals surface area contributed by atoms with E-state index < -0.39 is 34.3 Å². The summed E-state index contributed by atoms with van der Waals surface area (Å²) in [5, 5.41) is 19.7. The smallest absolute Gasteiger partial charge is 0.240 e. The van der Waals surface area contributed by atoms with E-state index in [-0.39, 0.29) is 0 Å². The molecule has 0 amide bonds. The lowest BCUT2D eigenvalue weighted by molar-refractivity contribution is -0.531. The summed E-state index contributed by atoms with van der Waals surface area (Å²) in [6.45, 7) is 1.08. The molecule has 0 radical (unpaired) electrons. The van der Waals surface area contributed by atoms with Crippen LogP contribution in [-0.2, 0) is 0 Å². The first-order valence-electron chi connectivity index (χ1n) is 4.20. The second-order valence-corrected chi connectivity index (χ2v) is 3.11.